The summed E-state index contributed by atoms with van der Waals surface area (Å²) in [6.45, 7) is 5.39. The average Bonchev–Trinajstić information content (AvgIpc) is 2.38. The van der Waals surface area contributed by atoms with E-state index in [0.717, 1.165) is 13.0 Å². The second kappa shape index (κ2) is 5.16. The molecule has 0 radical (unpaired) electrons. The summed E-state index contributed by atoms with van der Waals surface area (Å²) in [5, 5.41) is 3.69. The molecule has 1 aliphatic heterocycles. The van der Waals surface area contributed by atoms with Crippen LogP contribution in [0.5, 0.6) is 0 Å². The lowest BCUT2D eigenvalue weighted by atomic mass is 9.74. The largest absolute Gasteiger partial charge is 0.382 e. The van der Waals surface area contributed by atoms with E-state index in [9.17, 15) is 0 Å². The number of anilines is 1. The van der Waals surface area contributed by atoms with Crippen LogP contribution in [0.15, 0.2) is 24.3 Å². The fourth-order valence-electron chi connectivity index (χ4n) is 3.27. The van der Waals surface area contributed by atoms with E-state index in [1.54, 1.807) is 0 Å². The number of hydrogen-bond donors (Lipinski definition) is 1. The third kappa shape index (κ3) is 2.79. The molecular weight excluding hydrogens is 234 g/mol. The molecule has 2 aliphatic rings. The first-order valence-corrected chi connectivity index (χ1v) is 7.67. The zero-order valence-corrected chi connectivity index (χ0v) is 12.1. The monoisotopic (exact) mass is 259 g/mol. The van der Waals surface area contributed by atoms with Crippen LogP contribution in [0.1, 0.15) is 57.4 Å². The third-order valence-corrected chi connectivity index (χ3v) is 4.71. The summed E-state index contributed by atoms with van der Waals surface area (Å²) >= 11 is 0. The smallest absolute Gasteiger partial charge is 0.0702 e. The molecule has 1 unspecified atom stereocenters. The number of benzene rings is 1. The molecule has 0 bridgehead atoms. The Kier molecular flexibility index (Phi) is 3.53. The molecule has 1 saturated heterocycles. The maximum Gasteiger partial charge on any atom is 0.0702 e. The minimum absolute atomic E-state index is 0.230. The van der Waals surface area contributed by atoms with Crippen molar-refractivity contribution in [3.63, 3.8) is 0 Å². The molecule has 1 aromatic carbocycles. The molecule has 19 heavy (non-hydrogen) atoms. The van der Waals surface area contributed by atoms with Gasteiger partial charge in [-0.2, -0.15) is 0 Å². The van der Waals surface area contributed by atoms with Crippen LogP contribution in [0.4, 0.5) is 5.69 Å². The summed E-state index contributed by atoms with van der Waals surface area (Å²) in [5.41, 5.74) is 2.90. The molecule has 2 nitrogen and oxygen atoms in total. The first-order chi connectivity index (χ1) is 9.17. The van der Waals surface area contributed by atoms with Crippen LogP contribution in [-0.2, 0) is 4.74 Å². The van der Waals surface area contributed by atoms with Gasteiger partial charge in [0, 0.05) is 18.3 Å². The maximum absolute atomic E-state index is 5.98. The van der Waals surface area contributed by atoms with Gasteiger partial charge in [0.25, 0.3) is 0 Å². The first-order valence-electron chi connectivity index (χ1n) is 7.67. The van der Waals surface area contributed by atoms with Crippen molar-refractivity contribution in [1.29, 1.82) is 0 Å². The molecule has 104 valence electrons. The van der Waals surface area contributed by atoms with Crippen molar-refractivity contribution in [3.8, 4) is 0 Å². The zero-order valence-electron chi connectivity index (χ0n) is 12.1. The Morgan fingerprint density at radius 1 is 1.21 bits per heavy atom. The number of ether oxygens (including phenoxy) is 1. The van der Waals surface area contributed by atoms with Gasteiger partial charge < -0.3 is 10.1 Å². The van der Waals surface area contributed by atoms with E-state index in [2.05, 4.69) is 43.4 Å². The third-order valence-electron chi connectivity index (χ3n) is 4.71. The Morgan fingerprint density at radius 2 is 1.95 bits per heavy atom. The van der Waals surface area contributed by atoms with E-state index in [1.165, 1.54) is 36.9 Å². The molecule has 0 amide bonds. The van der Waals surface area contributed by atoms with Crippen molar-refractivity contribution in [1.82, 2.24) is 0 Å². The van der Waals surface area contributed by atoms with Crippen LogP contribution >= 0.6 is 0 Å². The maximum atomic E-state index is 5.98. The van der Waals surface area contributed by atoms with Crippen molar-refractivity contribution >= 4 is 5.69 Å². The zero-order chi connectivity index (χ0) is 13.3. The molecule has 1 atom stereocenters. The van der Waals surface area contributed by atoms with Crippen molar-refractivity contribution in [2.75, 3.05) is 11.9 Å². The quantitative estimate of drug-likeness (QED) is 0.872. The van der Waals surface area contributed by atoms with Gasteiger partial charge >= 0.3 is 0 Å². The second-order valence-corrected chi connectivity index (χ2v) is 6.50. The molecule has 1 spiro atoms. The molecule has 0 aromatic heterocycles. The van der Waals surface area contributed by atoms with Gasteiger partial charge in [-0.3, -0.25) is 0 Å². The van der Waals surface area contributed by atoms with E-state index < -0.39 is 0 Å². The van der Waals surface area contributed by atoms with Gasteiger partial charge in [0.15, 0.2) is 0 Å². The minimum Gasteiger partial charge on any atom is -0.382 e. The standard InChI is InChI=1S/C17H25NO/c1-13(2)14-4-6-15(7-5-14)18-16-8-11-19-17(12-16)9-3-10-17/h4-7,13,16,18H,3,8-12H2,1-2H3. The lowest BCUT2D eigenvalue weighted by molar-refractivity contribution is -0.130. The normalized spacial score (nSPS) is 25.3. The van der Waals surface area contributed by atoms with Crippen LogP contribution in [-0.4, -0.2) is 18.2 Å². The predicted octanol–water partition coefficient (Wildman–Crippen LogP) is 4.32. The van der Waals surface area contributed by atoms with Gasteiger partial charge in [-0.15, -0.1) is 0 Å². The van der Waals surface area contributed by atoms with E-state index in [4.69, 9.17) is 4.74 Å². The molecule has 3 rings (SSSR count). The molecule has 2 heteroatoms. The molecule has 1 aliphatic carbocycles. The van der Waals surface area contributed by atoms with Crippen LogP contribution in [0.2, 0.25) is 0 Å². The molecule has 1 saturated carbocycles. The molecule has 1 heterocycles. The topological polar surface area (TPSA) is 21.3 Å². The van der Waals surface area contributed by atoms with Gasteiger partial charge in [0.1, 0.15) is 0 Å². The molecule has 1 N–H and O–H groups in total. The van der Waals surface area contributed by atoms with Crippen LogP contribution in [0.25, 0.3) is 0 Å². The van der Waals surface area contributed by atoms with Gasteiger partial charge in [-0.05, 0) is 55.7 Å². The summed E-state index contributed by atoms with van der Waals surface area (Å²) in [5.74, 6) is 0.607. The summed E-state index contributed by atoms with van der Waals surface area (Å²) in [6, 6.07) is 9.51. The van der Waals surface area contributed by atoms with E-state index in [0.29, 0.717) is 12.0 Å². The highest BCUT2D eigenvalue weighted by molar-refractivity contribution is 5.46. The van der Waals surface area contributed by atoms with Crippen LogP contribution in [0.3, 0.4) is 0 Å². The van der Waals surface area contributed by atoms with Crippen molar-refractivity contribution < 1.29 is 4.74 Å². The Balaban J connectivity index is 1.61. The molecule has 2 fully saturated rings. The van der Waals surface area contributed by atoms with E-state index in [1.807, 2.05) is 0 Å². The van der Waals surface area contributed by atoms with Gasteiger partial charge in [-0.25, -0.2) is 0 Å². The minimum atomic E-state index is 0.230. The van der Waals surface area contributed by atoms with Crippen molar-refractivity contribution in [2.24, 2.45) is 0 Å². The SMILES string of the molecule is CC(C)c1ccc(NC2CCOC3(CCC3)C2)cc1. The Labute approximate surface area is 116 Å². The highest BCUT2D eigenvalue weighted by Crippen LogP contribution is 2.42. The summed E-state index contributed by atoms with van der Waals surface area (Å²) in [4.78, 5) is 0. The summed E-state index contributed by atoms with van der Waals surface area (Å²) < 4.78 is 5.98. The van der Waals surface area contributed by atoms with Crippen LogP contribution < -0.4 is 5.32 Å². The summed E-state index contributed by atoms with van der Waals surface area (Å²) in [7, 11) is 0. The number of hydrogen-bond acceptors (Lipinski definition) is 2. The fraction of sp³-hybridized carbons (Fsp3) is 0.647. The van der Waals surface area contributed by atoms with E-state index in [-0.39, 0.29) is 5.60 Å². The Hall–Kier alpha value is -1.02. The highest BCUT2D eigenvalue weighted by atomic mass is 16.5. The van der Waals surface area contributed by atoms with Gasteiger partial charge in [0.05, 0.1) is 5.60 Å². The Bertz CT molecular complexity index is 419. The fourth-order valence-corrected chi connectivity index (χ4v) is 3.27. The van der Waals surface area contributed by atoms with Crippen molar-refractivity contribution in [2.45, 2.75) is 63.5 Å². The number of rotatable bonds is 3. The van der Waals surface area contributed by atoms with Gasteiger partial charge in [-0.1, -0.05) is 26.0 Å². The van der Waals surface area contributed by atoms with Crippen LogP contribution in [0, 0.1) is 0 Å². The van der Waals surface area contributed by atoms with Gasteiger partial charge in [0.2, 0.25) is 0 Å². The van der Waals surface area contributed by atoms with Crippen molar-refractivity contribution in [3.05, 3.63) is 29.8 Å². The lowest BCUT2D eigenvalue weighted by Crippen LogP contribution is -2.48. The summed E-state index contributed by atoms with van der Waals surface area (Å²) in [6.07, 6.45) is 6.18. The molecular formula is C17H25NO. The second-order valence-electron chi connectivity index (χ2n) is 6.50. The lowest BCUT2D eigenvalue weighted by Gasteiger charge is -2.47. The molecule has 1 aromatic rings. The van der Waals surface area contributed by atoms with E-state index >= 15 is 0 Å². The highest BCUT2D eigenvalue weighted by Gasteiger charge is 2.42. The number of nitrogens with one attached hydrogen (secondary N) is 1. The Morgan fingerprint density at radius 3 is 2.53 bits per heavy atom. The first kappa shape index (κ1) is 13.0. The average molecular weight is 259 g/mol. The predicted molar refractivity (Wildman–Crippen MR) is 79.7 cm³/mol.